The van der Waals surface area contributed by atoms with Crippen LogP contribution in [-0.2, 0) is 0 Å². The van der Waals surface area contributed by atoms with Gasteiger partial charge in [0.15, 0.2) is 6.29 Å². The molecule has 0 fully saturated rings. The van der Waals surface area contributed by atoms with Gasteiger partial charge in [0.25, 0.3) is 0 Å². The number of benzene rings is 2. The van der Waals surface area contributed by atoms with Gasteiger partial charge >= 0.3 is 0 Å². The Bertz CT molecular complexity index is 549. The number of rotatable bonds is 1. The molecule has 0 heterocycles. The van der Waals surface area contributed by atoms with Crippen molar-refractivity contribution in [3.05, 3.63) is 44.9 Å². The zero-order chi connectivity index (χ0) is 11.0. The smallest absolute Gasteiger partial charge is 0.151 e. The lowest BCUT2D eigenvalue weighted by molar-refractivity contribution is 0.112. The molecule has 0 aliphatic heterocycles. The van der Waals surface area contributed by atoms with Crippen LogP contribution >= 0.6 is 27.5 Å². The van der Waals surface area contributed by atoms with Gasteiger partial charge in [-0.2, -0.15) is 0 Å². The lowest BCUT2D eigenvalue weighted by atomic mass is 10.0. The minimum absolute atomic E-state index is 0.651. The van der Waals surface area contributed by atoms with Gasteiger partial charge in [0, 0.05) is 20.4 Å². The van der Waals surface area contributed by atoms with Crippen molar-refractivity contribution in [1.29, 1.82) is 0 Å². The van der Waals surface area contributed by atoms with Crippen molar-refractivity contribution in [3.63, 3.8) is 0 Å². The zero-order valence-electron chi connectivity index (χ0n) is 8.05. The number of aldehydes is 1. The Morgan fingerprint density at radius 1 is 1.27 bits per heavy atom. The van der Waals surface area contributed by atoms with Crippen molar-refractivity contribution < 1.29 is 4.79 Å². The summed E-state index contributed by atoms with van der Waals surface area (Å²) in [4.78, 5) is 11.0. The molecule has 0 aromatic heterocycles. The number of hydrogen-bond donors (Lipinski definition) is 0. The third kappa shape index (κ3) is 1.80. The van der Waals surface area contributed by atoms with Crippen LogP contribution in [0.4, 0.5) is 0 Å². The van der Waals surface area contributed by atoms with E-state index in [0.29, 0.717) is 10.6 Å². The molecule has 2 aromatic carbocycles. The molecular weight excluding hydrogens is 275 g/mol. The van der Waals surface area contributed by atoms with Gasteiger partial charge in [-0.1, -0.05) is 35.4 Å². The quantitative estimate of drug-likeness (QED) is 0.710. The average molecular weight is 284 g/mol. The third-order valence-electron chi connectivity index (χ3n) is 2.35. The molecule has 0 radical (unpaired) electrons. The maximum absolute atomic E-state index is 11.0. The number of carbonyl (C=O) groups excluding carboxylic acids is 1. The number of hydrogen-bond acceptors (Lipinski definition) is 1. The lowest BCUT2D eigenvalue weighted by Crippen LogP contribution is -1.88. The molecule has 0 unspecified atom stereocenters. The van der Waals surface area contributed by atoms with E-state index < -0.39 is 0 Å². The molecule has 0 atom stereocenters. The van der Waals surface area contributed by atoms with E-state index in [1.165, 1.54) is 0 Å². The van der Waals surface area contributed by atoms with Crippen LogP contribution in [0.15, 0.2) is 28.7 Å². The second-order valence-electron chi connectivity index (χ2n) is 3.42. The third-order valence-corrected chi connectivity index (χ3v) is 3.32. The van der Waals surface area contributed by atoms with E-state index in [9.17, 15) is 4.79 Å². The maximum atomic E-state index is 11.0. The Balaban J connectivity index is 2.97. The van der Waals surface area contributed by atoms with Crippen LogP contribution in [-0.4, -0.2) is 6.29 Å². The highest BCUT2D eigenvalue weighted by atomic mass is 79.9. The molecule has 0 saturated carbocycles. The first kappa shape index (κ1) is 10.7. The van der Waals surface area contributed by atoms with E-state index >= 15 is 0 Å². The Hall–Kier alpha value is -0.860. The van der Waals surface area contributed by atoms with E-state index in [4.69, 9.17) is 11.6 Å². The standard InChI is InChI=1S/C12H8BrClO/c1-7-2-3-8-9(4-7)10(6-15)11(13)5-12(8)14/h2-6H,1H3. The van der Waals surface area contributed by atoms with Crippen molar-refractivity contribution in [2.24, 2.45) is 0 Å². The number of carbonyl (C=O) groups is 1. The van der Waals surface area contributed by atoms with Gasteiger partial charge < -0.3 is 0 Å². The van der Waals surface area contributed by atoms with E-state index in [2.05, 4.69) is 15.9 Å². The number of fused-ring (bicyclic) bond motifs is 1. The second kappa shape index (κ2) is 3.95. The molecule has 3 heteroatoms. The van der Waals surface area contributed by atoms with Crippen LogP contribution in [0.3, 0.4) is 0 Å². The van der Waals surface area contributed by atoms with Crippen molar-refractivity contribution in [1.82, 2.24) is 0 Å². The van der Waals surface area contributed by atoms with Crippen molar-refractivity contribution in [3.8, 4) is 0 Å². The van der Waals surface area contributed by atoms with Crippen LogP contribution in [0.2, 0.25) is 5.02 Å². The van der Waals surface area contributed by atoms with Gasteiger partial charge in [-0.25, -0.2) is 0 Å². The summed E-state index contributed by atoms with van der Waals surface area (Å²) in [7, 11) is 0. The minimum Gasteiger partial charge on any atom is -0.298 e. The van der Waals surface area contributed by atoms with Gasteiger partial charge in [-0.15, -0.1) is 0 Å². The summed E-state index contributed by atoms with van der Waals surface area (Å²) < 4.78 is 0.737. The molecular formula is C12H8BrClO. The first-order valence-corrected chi connectivity index (χ1v) is 5.64. The molecule has 2 aromatic rings. The van der Waals surface area contributed by atoms with Gasteiger partial charge in [0.1, 0.15) is 0 Å². The topological polar surface area (TPSA) is 17.1 Å². The van der Waals surface area contributed by atoms with Gasteiger partial charge in [-0.3, -0.25) is 4.79 Å². The Labute approximate surface area is 101 Å². The molecule has 1 nitrogen and oxygen atoms in total. The molecule has 2 rings (SSSR count). The van der Waals surface area contributed by atoms with E-state index in [1.54, 1.807) is 6.07 Å². The van der Waals surface area contributed by atoms with E-state index in [0.717, 1.165) is 27.1 Å². The van der Waals surface area contributed by atoms with Crippen LogP contribution < -0.4 is 0 Å². The number of aryl methyl sites for hydroxylation is 1. The van der Waals surface area contributed by atoms with Crippen LogP contribution in [0.5, 0.6) is 0 Å². The van der Waals surface area contributed by atoms with Crippen molar-refractivity contribution in [2.75, 3.05) is 0 Å². The Kier molecular flexibility index (Phi) is 2.81. The molecule has 0 saturated heterocycles. The SMILES string of the molecule is Cc1ccc2c(Cl)cc(Br)c(C=O)c2c1. The molecule has 0 N–H and O–H groups in total. The van der Waals surface area contributed by atoms with Crippen LogP contribution in [0, 0.1) is 6.92 Å². The van der Waals surface area contributed by atoms with Crippen molar-refractivity contribution in [2.45, 2.75) is 6.92 Å². The normalized spacial score (nSPS) is 10.6. The monoisotopic (exact) mass is 282 g/mol. The summed E-state index contributed by atoms with van der Waals surface area (Å²) in [6.07, 6.45) is 0.849. The second-order valence-corrected chi connectivity index (χ2v) is 4.68. The zero-order valence-corrected chi connectivity index (χ0v) is 10.4. The Morgan fingerprint density at radius 2 is 2.00 bits per heavy atom. The maximum Gasteiger partial charge on any atom is 0.151 e. The summed E-state index contributed by atoms with van der Waals surface area (Å²) in [6.45, 7) is 1.99. The largest absolute Gasteiger partial charge is 0.298 e. The highest BCUT2D eigenvalue weighted by Gasteiger charge is 2.08. The summed E-state index contributed by atoms with van der Waals surface area (Å²) in [5, 5.41) is 2.46. The fraction of sp³-hybridized carbons (Fsp3) is 0.0833. The van der Waals surface area contributed by atoms with Gasteiger partial charge in [0.2, 0.25) is 0 Å². The van der Waals surface area contributed by atoms with E-state index in [1.807, 2.05) is 25.1 Å². The minimum atomic E-state index is 0.651. The first-order valence-electron chi connectivity index (χ1n) is 4.47. The Morgan fingerprint density at radius 3 is 2.67 bits per heavy atom. The molecule has 0 bridgehead atoms. The predicted octanol–water partition coefficient (Wildman–Crippen LogP) is 4.38. The molecule has 76 valence electrons. The molecule has 0 spiro atoms. The fourth-order valence-electron chi connectivity index (χ4n) is 1.60. The van der Waals surface area contributed by atoms with Gasteiger partial charge in [-0.05, 0) is 34.3 Å². The average Bonchev–Trinajstić information content (AvgIpc) is 2.17. The van der Waals surface area contributed by atoms with Gasteiger partial charge in [0.05, 0.1) is 0 Å². The first-order chi connectivity index (χ1) is 7.13. The van der Waals surface area contributed by atoms with E-state index in [-0.39, 0.29) is 0 Å². The summed E-state index contributed by atoms with van der Waals surface area (Å²) >= 11 is 9.43. The lowest BCUT2D eigenvalue weighted by Gasteiger charge is -2.06. The fourth-order valence-corrected chi connectivity index (χ4v) is 2.55. The molecule has 0 amide bonds. The van der Waals surface area contributed by atoms with Crippen molar-refractivity contribution >= 4 is 44.6 Å². The highest BCUT2D eigenvalue weighted by molar-refractivity contribution is 9.10. The van der Waals surface area contributed by atoms with Crippen LogP contribution in [0.25, 0.3) is 10.8 Å². The highest BCUT2D eigenvalue weighted by Crippen LogP contribution is 2.32. The predicted molar refractivity (Wildman–Crippen MR) is 66.8 cm³/mol. The van der Waals surface area contributed by atoms with Crippen LogP contribution in [0.1, 0.15) is 15.9 Å². The molecule has 15 heavy (non-hydrogen) atoms. The molecule has 0 aliphatic rings. The summed E-state index contributed by atoms with van der Waals surface area (Å²) in [5.41, 5.74) is 1.76. The summed E-state index contributed by atoms with van der Waals surface area (Å²) in [6, 6.07) is 7.64. The summed E-state index contributed by atoms with van der Waals surface area (Å²) in [5.74, 6) is 0. The number of halogens is 2. The molecule has 0 aliphatic carbocycles.